The van der Waals surface area contributed by atoms with Crippen molar-refractivity contribution in [1.29, 1.82) is 0 Å². The number of nitrogen functional groups attached to an aromatic ring is 1. The number of ether oxygens (including phenoxy) is 2. The number of likely N-dealkylation sites (N-methyl/N-ethyl adjacent to an activating group) is 1. The van der Waals surface area contributed by atoms with E-state index < -0.39 is 0 Å². The summed E-state index contributed by atoms with van der Waals surface area (Å²) in [6.07, 6.45) is 3.42. The fraction of sp³-hybridized carbons (Fsp3) is 0.632. The van der Waals surface area contributed by atoms with Crippen LogP contribution >= 0.6 is 0 Å². The minimum absolute atomic E-state index is 0.189. The Labute approximate surface area is 149 Å². The van der Waals surface area contributed by atoms with Gasteiger partial charge in [-0.3, -0.25) is 9.91 Å². The summed E-state index contributed by atoms with van der Waals surface area (Å²) in [7, 11) is 3.74. The van der Waals surface area contributed by atoms with Gasteiger partial charge < -0.3 is 15.2 Å². The van der Waals surface area contributed by atoms with Crippen molar-refractivity contribution in [2.45, 2.75) is 38.3 Å². The molecule has 0 saturated carbocycles. The molecule has 1 aromatic rings. The molecular weight excluding hydrogens is 316 g/mol. The van der Waals surface area contributed by atoms with Crippen molar-refractivity contribution >= 4 is 11.4 Å². The van der Waals surface area contributed by atoms with Gasteiger partial charge in [-0.2, -0.15) is 5.10 Å². The molecule has 0 radical (unpaired) electrons. The largest absolute Gasteiger partial charge is 0.493 e. The second-order valence-electron chi connectivity index (χ2n) is 7.29. The predicted molar refractivity (Wildman–Crippen MR) is 99.2 cm³/mol. The number of nitrogens with zero attached hydrogens (tertiary/aromatic N) is 3. The lowest BCUT2D eigenvalue weighted by molar-refractivity contribution is 0.106. The smallest absolute Gasteiger partial charge is 0.184 e. The van der Waals surface area contributed by atoms with E-state index in [2.05, 4.69) is 29.9 Å². The minimum atomic E-state index is 0.189. The van der Waals surface area contributed by atoms with Crippen molar-refractivity contribution in [2.75, 3.05) is 39.6 Å². The monoisotopic (exact) mass is 344 g/mol. The zero-order chi connectivity index (χ0) is 17.6. The molecule has 6 heteroatoms. The van der Waals surface area contributed by atoms with Crippen molar-refractivity contribution < 1.29 is 9.47 Å². The van der Waals surface area contributed by atoms with Gasteiger partial charge in [0.25, 0.3) is 0 Å². The molecule has 3 fully saturated rings. The number of nitrogens with two attached hydrogens (primary N) is 1. The third-order valence-corrected chi connectivity index (χ3v) is 5.74. The maximum atomic E-state index is 6.32. The van der Waals surface area contributed by atoms with E-state index in [9.17, 15) is 0 Å². The van der Waals surface area contributed by atoms with Crippen LogP contribution in [-0.2, 0) is 0 Å². The topological polar surface area (TPSA) is 63.3 Å². The molecule has 3 saturated heterocycles. The van der Waals surface area contributed by atoms with Gasteiger partial charge in [0.05, 0.1) is 37.2 Å². The minimum Gasteiger partial charge on any atom is -0.493 e. The standard InChI is InChI=1S/C19H28N4O2/c1-4-9-25-19-14(20)10-13(11-15(19)24-3)17-18-16(21-22(17)2)12-5-7-23(18)8-6-12/h10-12,17-18H,4-9,20H2,1-3H3. The Morgan fingerprint density at radius 3 is 2.68 bits per heavy atom. The molecule has 2 N–H and O–H groups in total. The van der Waals surface area contributed by atoms with Crippen LogP contribution in [0, 0.1) is 5.92 Å². The quantitative estimate of drug-likeness (QED) is 0.832. The second-order valence-corrected chi connectivity index (χ2v) is 7.29. The first-order chi connectivity index (χ1) is 12.1. The molecule has 2 unspecified atom stereocenters. The van der Waals surface area contributed by atoms with Gasteiger partial charge in [0, 0.05) is 13.0 Å². The number of anilines is 1. The van der Waals surface area contributed by atoms with Gasteiger partial charge in [-0.1, -0.05) is 6.92 Å². The number of hydrazone groups is 1. The lowest BCUT2D eigenvalue weighted by atomic mass is 9.78. The highest BCUT2D eigenvalue weighted by Gasteiger charge is 2.48. The average Bonchev–Trinajstić information content (AvgIpc) is 3.00. The van der Waals surface area contributed by atoms with Crippen molar-refractivity contribution in [3.8, 4) is 11.5 Å². The van der Waals surface area contributed by atoms with Crippen LogP contribution in [0.25, 0.3) is 0 Å². The Bertz CT molecular complexity index is 682. The first kappa shape index (κ1) is 16.5. The number of fused-ring (bicyclic) bond motifs is 2. The van der Waals surface area contributed by atoms with Gasteiger partial charge in [0.15, 0.2) is 11.5 Å². The third-order valence-electron chi connectivity index (χ3n) is 5.74. The maximum absolute atomic E-state index is 6.32. The Morgan fingerprint density at radius 2 is 2.00 bits per heavy atom. The van der Waals surface area contributed by atoms with E-state index >= 15 is 0 Å². The molecule has 2 atom stereocenters. The van der Waals surface area contributed by atoms with Gasteiger partial charge in [-0.15, -0.1) is 0 Å². The summed E-state index contributed by atoms with van der Waals surface area (Å²) in [4.78, 5) is 2.58. The van der Waals surface area contributed by atoms with E-state index in [0.29, 0.717) is 35.8 Å². The van der Waals surface area contributed by atoms with Crippen molar-refractivity contribution in [2.24, 2.45) is 11.0 Å². The zero-order valence-corrected chi connectivity index (χ0v) is 15.4. The van der Waals surface area contributed by atoms with Crippen LogP contribution in [0.1, 0.15) is 37.8 Å². The summed E-state index contributed by atoms with van der Waals surface area (Å²) in [5.74, 6) is 2.01. The lowest BCUT2D eigenvalue weighted by Gasteiger charge is -2.46. The molecular formula is C19H28N4O2. The zero-order valence-electron chi connectivity index (χ0n) is 15.4. The van der Waals surface area contributed by atoms with Crippen LogP contribution in [0.15, 0.2) is 17.2 Å². The van der Waals surface area contributed by atoms with Crippen LogP contribution in [0.4, 0.5) is 5.69 Å². The number of methoxy groups -OCH3 is 1. The summed E-state index contributed by atoms with van der Waals surface area (Å²) >= 11 is 0. The number of hydrogen-bond acceptors (Lipinski definition) is 6. The van der Waals surface area contributed by atoms with Crippen molar-refractivity contribution in [3.05, 3.63) is 17.7 Å². The Balaban J connectivity index is 1.69. The summed E-state index contributed by atoms with van der Waals surface area (Å²) in [6, 6.07) is 4.67. The number of benzene rings is 1. The molecule has 4 heterocycles. The highest BCUT2D eigenvalue weighted by molar-refractivity contribution is 5.95. The van der Waals surface area contributed by atoms with Gasteiger partial charge >= 0.3 is 0 Å². The summed E-state index contributed by atoms with van der Waals surface area (Å²) in [5.41, 5.74) is 9.47. The summed E-state index contributed by atoms with van der Waals surface area (Å²) in [5, 5.41) is 7.01. The highest BCUT2D eigenvalue weighted by Crippen LogP contribution is 2.45. The summed E-state index contributed by atoms with van der Waals surface area (Å²) in [6.45, 7) is 5.05. The number of piperidine rings is 3. The summed E-state index contributed by atoms with van der Waals surface area (Å²) < 4.78 is 11.4. The Morgan fingerprint density at radius 1 is 1.24 bits per heavy atom. The van der Waals surface area contributed by atoms with Crippen molar-refractivity contribution in [3.63, 3.8) is 0 Å². The normalized spacial score (nSPS) is 30.2. The fourth-order valence-electron chi connectivity index (χ4n) is 4.58. The first-order valence-electron chi connectivity index (χ1n) is 9.29. The number of hydrogen-bond donors (Lipinski definition) is 1. The van der Waals surface area contributed by atoms with Crippen molar-refractivity contribution in [1.82, 2.24) is 9.91 Å². The van der Waals surface area contributed by atoms with E-state index in [1.165, 1.54) is 31.6 Å². The molecule has 5 rings (SSSR count). The van der Waals surface area contributed by atoms with Crippen LogP contribution in [0.3, 0.4) is 0 Å². The molecule has 0 amide bonds. The van der Waals surface area contributed by atoms with Gasteiger partial charge in [0.1, 0.15) is 0 Å². The molecule has 4 aliphatic rings. The predicted octanol–water partition coefficient (Wildman–Crippen LogP) is 2.50. The lowest BCUT2D eigenvalue weighted by Crippen LogP contribution is -2.56. The van der Waals surface area contributed by atoms with Gasteiger partial charge in [-0.25, -0.2) is 0 Å². The van der Waals surface area contributed by atoms with E-state index in [1.54, 1.807) is 7.11 Å². The van der Waals surface area contributed by atoms with Crippen LogP contribution in [-0.4, -0.2) is 55.5 Å². The Kier molecular flexibility index (Phi) is 4.23. The van der Waals surface area contributed by atoms with Gasteiger partial charge in [0.2, 0.25) is 0 Å². The molecule has 0 spiro atoms. The maximum Gasteiger partial charge on any atom is 0.184 e. The highest BCUT2D eigenvalue weighted by atomic mass is 16.5. The fourth-order valence-corrected chi connectivity index (χ4v) is 4.58. The molecule has 25 heavy (non-hydrogen) atoms. The number of rotatable bonds is 5. The SMILES string of the molecule is CCCOc1c(N)cc(C2C3C(=NN2C)C2CCN3CC2)cc1OC. The Hall–Kier alpha value is -1.95. The molecule has 0 aliphatic carbocycles. The molecule has 4 aliphatic heterocycles. The second kappa shape index (κ2) is 6.41. The van der Waals surface area contributed by atoms with E-state index in [1.807, 2.05) is 6.07 Å². The molecule has 6 nitrogen and oxygen atoms in total. The molecule has 0 aromatic heterocycles. The molecule has 2 bridgehead atoms. The van der Waals surface area contributed by atoms with Gasteiger partial charge in [-0.05, 0) is 50.0 Å². The van der Waals surface area contributed by atoms with Crippen LogP contribution < -0.4 is 15.2 Å². The van der Waals surface area contributed by atoms with E-state index in [-0.39, 0.29) is 6.04 Å². The van der Waals surface area contributed by atoms with E-state index in [0.717, 1.165) is 12.0 Å². The first-order valence-corrected chi connectivity index (χ1v) is 9.29. The third kappa shape index (κ3) is 2.63. The van der Waals surface area contributed by atoms with Crippen LogP contribution in [0.5, 0.6) is 11.5 Å². The molecule has 136 valence electrons. The van der Waals surface area contributed by atoms with E-state index in [4.69, 9.17) is 20.3 Å². The van der Waals surface area contributed by atoms with Crippen LogP contribution in [0.2, 0.25) is 0 Å². The molecule has 1 aromatic carbocycles. The average molecular weight is 344 g/mol.